The number of hydrogen-bond acceptors (Lipinski definition) is 5. The number of aryl methyl sites for hydroxylation is 2. The van der Waals surface area contributed by atoms with Crippen molar-refractivity contribution in [3.8, 4) is 11.7 Å². The third-order valence-electron chi connectivity index (χ3n) is 4.20. The average molecular weight is 371 g/mol. The van der Waals surface area contributed by atoms with Crippen molar-refractivity contribution in [3.05, 3.63) is 64.4 Å². The molecule has 8 heteroatoms. The van der Waals surface area contributed by atoms with Crippen molar-refractivity contribution >= 4 is 17.2 Å². The lowest BCUT2D eigenvalue weighted by molar-refractivity contribution is -0.586. The molecule has 0 bridgehead atoms. The zero-order chi connectivity index (χ0) is 18.3. The number of aromatic nitrogens is 5. The Morgan fingerprint density at radius 2 is 2.08 bits per heavy atom. The fraction of sp³-hybridized carbons (Fsp3) is 0.222. The molecular weight excluding hydrogens is 354 g/mol. The van der Waals surface area contributed by atoms with E-state index in [1.54, 1.807) is 19.4 Å². The van der Waals surface area contributed by atoms with Gasteiger partial charge in [-0.1, -0.05) is 33.4 Å². The lowest BCUT2D eigenvalue weighted by Gasteiger charge is -2.00. The minimum Gasteiger partial charge on any atom is -0.448 e. The van der Waals surface area contributed by atoms with E-state index in [1.807, 2.05) is 47.2 Å². The van der Waals surface area contributed by atoms with Crippen LogP contribution >= 0.6 is 11.6 Å². The second-order valence-electron chi connectivity index (χ2n) is 5.95. The van der Waals surface area contributed by atoms with Gasteiger partial charge >= 0.3 is 11.7 Å². The molecule has 0 aliphatic heterocycles. The van der Waals surface area contributed by atoms with Gasteiger partial charge in [-0.3, -0.25) is 0 Å². The van der Waals surface area contributed by atoms with E-state index in [9.17, 15) is 0 Å². The van der Waals surface area contributed by atoms with Crippen molar-refractivity contribution in [1.29, 1.82) is 0 Å². The van der Waals surface area contributed by atoms with Crippen LogP contribution in [0.5, 0.6) is 6.01 Å². The van der Waals surface area contributed by atoms with Gasteiger partial charge in [0.1, 0.15) is 16.5 Å². The molecule has 7 nitrogen and oxygen atoms in total. The Balaban J connectivity index is 1.89. The molecule has 0 atom stereocenters. The van der Waals surface area contributed by atoms with Crippen molar-refractivity contribution in [2.75, 3.05) is 7.11 Å². The van der Waals surface area contributed by atoms with Gasteiger partial charge in [0, 0.05) is 30.7 Å². The molecule has 4 aromatic heterocycles. The second-order valence-corrected chi connectivity index (χ2v) is 6.34. The number of nitrogens with zero attached hydrogens (tertiary/aromatic N) is 5. The molecule has 0 N–H and O–H groups in total. The first-order valence-corrected chi connectivity index (χ1v) is 8.46. The summed E-state index contributed by atoms with van der Waals surface area (Å²) in [6.07, 6.45) is 2.43. The van der Waals surface area contributed by atoms with E-state index in [2.05, 4.69) is 15.2 Å². The predicted molar refractivity (Wildman–Crippen MR) is 94.9 cm³/mol. The van der Waals surface area contributed by atoms with Gasteiger partial charge in [-0.15, -0.1) is 4.57 Å². The van der Waals surface area contributed by atoms with Gasteiger partial charge in [0.2, 0.25) is 5.69 Å². The van der Waals surface area contributed by atoms with Gasteiger partial charge in [-0.25, -0.2) is 4.98 Å². The van der Waals surface area contributed by atoms with Crippen LogP contribution in [-0.4, -0.2) is 26.9 Å². The normalized spacial score (nSPS) is 11.2. The zero-order valence-electron chi connectivity index (χ0n) is 14.6. The highest BCUT2D eigenvalue weighted by Gasteiger charge is 2.29. The van der Waals surface area contributed by atoms with Crippen molar-refractivity contribution < 1.29 is 13.8 Å². The van der Waals surface area contributed by atoms with E-state index in [0.717, 1.165) is 28.3 Å². The average Bonchev–Trinajstić information content (AvgIpc) is 3.17. The lowest BCUT2D eigenvalue weighted by atomic mass is 10.1. The molecule has 26 heavy (non-hydrogen) atoms. The predicted octanol–water partition coefficient (Wildman–Crippen LogP) is 2.86. The summed E-state index contributed by atoms with van der Waals surface area (Å²) in [7, 11) is 1.60. The summed E-state index contributed by atoms with van der Waals surface area (Å²) in [5.41, 5.74) is 4.50. The molecule has 0 aliphatic rings. The number of hydrogen-bond donors (Lipinski definition) is 0. The van der Waals surface area contributed by atoms with Crippen LogP contribution in [0.3, 0.4) is 0 Å². The maximum Gasteiger partial charge on any atom is 0.433 e. The molecule has 0 spiro atoms. The van der Waals surface area contributed by atoms with Crippen LogP contribution < -0.4 is 9.25 Å². The maximum absolute atomic E-state index is 5.88. The number of ether oxygens (including phenoxy) is 1. The van der Waals surface area contributed by atoms with Gasteiger partial charge in [-0.05, 0) is 24.6 Å². The van der Waals surface area contributed by atoms with Gasteiger partial charge < -0.3 is 9.26 Å². The summed E-state index contributed by atoms with van der Waals surface area (Å²) < 4.78 is 14.6. The van der Waals surface area contributed by atoms with Crippen LogP contribution in [0.2, 0.25) is 5.15 Å². The molecule has 0 radical (unpaired) electrons. The van der Waals surface area contributed by atoms with Crippen LogP contribution in [-0.2, 0) is 6.42 Å². The molecule has 0 fully saturated rings. The van der Waals surface area contributed by atoms with Crippen LogP contribution in [0.4, 0.5) is 0 Å². The Morgan fingerprint density at radius 1 is 1.23 bits per heavy atom. The molecule has 0 amide bonds. The summed E-state index contributed by atoms with van der Waals surface area (Å²) in [5, 5.41) is 9.14. The monoisotopic (exact) mass is 370 g/mol. The SMILES string of the molecule is COc1n[n+]2c(Cc3ccc(Cl)nc3)cccc2n1-c1c(C)noc1C. The van der Waals surface area contributed by atoms with Crippen molar-refractivity contribution in [3.63, 3.8) is 0 Å². The molecule has 0 saturated carbocycles. The first kappa shape index (κ1) is 16.5. The van der Waals surface area contributed by atoms with E-state index in [0.29, 0.717) is 23.3 Å². The van der Waals surface area contributed by atoms with E-state index in [-0.39, 0.29) is 0 Å². The summed E-state index contributed by atoms with van der Waals surface area (Å²) >= 11 is 5.88. The summed E-state index contributed by atoms with van der Waals surface area (Å²) in [6.45, 7) is 3.76. The largest absolute Gasteiger partial charge is 0.448 e. The minimum atomic E-state index is 0.459. The molecular formula is C18H17ClN5O2+. The molecule has 0 aromatic carbocycles. The fourth-order valence-electron chi connectivity index (χ4n) is 3.04. The maximum atomic E-state index is 5.88. The summed E-state index contributed by atoms with van der Waals surface area (Å²) in [6, 6.07) is 10.2. The molecule has 132 valence electrons. The molecule has 0 saturated heterocycles. The van der Waals surface area contributed by atoms with Crippen LogP contribution in [0.1, 0.15) is 22.7 Å². The first-order chi connectivity index (χ1) is 12.6. The van der Waals surface area contributed by atoms with Gasteiger partial charge in [0.25, 0.3) is 0 Å². The molecule has 4 aromatic rings. The van der Waals surface area contributed by atoms with Crippen LogP contribution in [0, 0.1) is 13.8 Å². The van der Waals surface area contributed by atoms with Crippen LogP contribution in [0.25, 0.3) is 11.3 Å². The fourth-order valence-corrected chi connectivity index (χ4v) is 3.15. The molecule has 0 aliphatic carbocycles. The Kier molecular flexibility index (Phi) is 4.08. The topological polar surface area (TPSA) is 70.1 Å². The quantitative estimate of drug-likeness (QED) is 0.408. The molecule has 4 heterocycles. The number of rotatable bonds is 4. The van der Waals surface area contributed by atoms with E-state index >= 15 is 0 Å². The van der Waals surface area contributed by atoms with E-state index in [1.165, 1.54) is 0 Å². The van der Waals surface area contributed by atoms with Crippen molar-refractivity contribution in [2.45, 2.75) is 20.3 Å². The summed E-state index contributed by atoms with van der Waals surface area (Å²) in [5.74, 6) is 0.702. The number of methoxy groups -OCH3 is 1. The molecule has 4 rings (SSSR count). The minimum absolute atomic E-state index is 0.459. The highest BCUT2D eigenvalue weighted by molar-refractivity contribution is 6.29. The Bertz CT molecular complexity index is 1070. The van der Waals surface area contributed by atoms with Crippen molar-refractivity contribution in [2.24, 2.45) is 0 Å². The third-order valence-corrected chi connectivity index (χ3v) is 4.43. The van der Waals surface area contributed by atoms with E-state index < -0.39 is 0 Å². The van der Waals surface area contributed by atoms with Gasteiger partial charge in [0.05, 0.1) is 7.11 Å². The van der Waals surface area contributed by atoms with Gasteiger partial charge in [0.15, 0.2) is 5.76 Å². The number of halogens is 1. The smallest absolute Gasteiger partial charge is 0.433 e. The standard InChI is InChI=1S/C18H17ClN5O2/c1-11-17(12(2)26-22-11)23-16-6-4-5-14(24(16)21-18(23)25-3)9-13-7-8-15(19)20-10-13/h4-8,10H,9H2,1-3H3/q+1. The highest BCUT2D eigenvalue weighted by atomic mass is 35.5. The Hall–Kier alpha value is -2.93. The molecule has 0 unspecified atom stereocenters. The Morgan fingerprint density at radius 3 is 2.73 bits per heavy atom. The lowest BCUT2D eigenvalue weighted by Crippen LogP contribution is -2.29. The van der Waals surface area contributed by atoms with Crippen LogP contribution in [0.15, 0.2) is 41.1 Å². The Labute approximate surface area is 154 Å². The van der Waals surface area contributed by atoms with Crippen molar-refractivity contribution in [1.82, 2.24) is 19.8 Å². The number of fused-ring (bicyclic) bond motifs is 1. The van der Waals surface area contributed by atoms with Gasteiger partial charge in [-0.2, -0.15) is 0 Å². The first-order valence-electron chi connectivity index (χ1n) is 8.09. The van der Waals surface area contributed by atoms with E-state index in [4.69, 9.17) is 20.9 Å². The third kappa shape index (κ3) is 2.70. The second kappa shape index (κ2) is 6.42. The highest BCUT2D eigenvalue weighted by Crippen LogP contribution is 2.25. The summed E-state index contributed by atoms with van der Waals surface area (Å²) in [4.78, 5) is 4.14. The number of pyridine rings is 2. The zero-order valence-corrected chi connectivity index (χ0v) is 15.4.